The number of rotatable bonds is 8. The predicted octanol–water partition coefficient (Wildman–Crippen LogP) is 0.340. The largest absolute Gasteiger partial charge is 0.481 e. The van der Waals surface area contributed by atoms with Gasteiger partial charge in [-0.15, -0.1) is 0 Å². The highest BCUT2D eigenvalue weighted by Gasteiger charge is 2.37. The quantitative estimate of drug-likeness (QED) is 0.660. The minimum Gasteiger partial charge on any atom is -0.481 e. The molecule has 2 N–H and O–H groups in total. The van der Waals surface area contributed by atoms with Crippen LogP contribution in [0.4, 0.5) is 0 Å². The number of carboxylic acids is 1. The molecule has 100 valence electrons. The first-order valence-electron chi connectivity index (χ1n) is 5.63. The Hall–Kier alpha value is -0.660. The predicted molar refractivity (Wildman–Crippen MR) is 62.3 cm³/mol. The highest BCUT2D eigenvalue weighted by atomic mass is 32.2. The van der Waals surface area contributed by atoms with Crippen molar-refractivity contribution in [1.29, 1.82) is 0 Å². The van der Waals surface area contributed by atoms with Crippen LogP contribution in [-0.2, 0) is 19.6 Å². The summed E-state index contributed by atoms with van der Waals surface area (Å²) in [7, 11) is -1.81. The van der Waals surface area contributed by atoms with E-state index in [-0.39, 0.29) is 30.7 Å². The van der Waals surface area contributed by atoms with Gasteiger partial charge in [0.25, 0.3) is 0 Å². The van der Waals surface area contributed by atoms with Crippen molar-refractivity contribution in [3.05, 3.63) is 0 Å². The molecule has 1 rings (SSSR count). The van der Waals surface area contributed by atoms with Crippen LogP contribution in [-0.4, -0.2) is 44.5 Å². The van der Waals surface area contributed by atoms with Crippen molar-refractivity contribution < 1.29 is 23.1 Å². The zero-order valence-electron chi connectivity index (χ0n) is 9.94. The summed E-state index contributed by atoms with van der Waals surface area (Å²) in [5.74, 6) is -1.13. The molecule has 0 aromatic heterocycles. The Morgan fingerprint density at radius 3 is 2.53 bits per heavy atom. The molecule has 1 fully saturated rings. The fourth-order valence-corrected chi connectivity index (χ4v) is 2.90. The lowest BCUT2D eigenvalue weighted by Crippen LogP contribution is -2.49. The van der Waals surface area contributed by atoms with Crippen LogP contribution < -0.4 is 4.72 Å². The highest BCUT2D eigenvalue weighted by molar-refractivity contribution is 7.89. The number of methoxy groups -OCH3 is 1. The van der Waals surface area contributed by atoms with Gasteiger partial charge >= 0.3 is 5.97 Å². The molecule has 1 aliphatic carbocycles. The number of aliphatic carboxylic acids is 1. The van der Waals surface area contributed by atoms with Gasteiger partial charge in [0, 0.05) is 20.1 Å². The van der Waals surface area contributed by atoms with Crippen molar-refractivity contribution in [3.8, 4) is 0 Å². The van der Waals surface area contributed by atoms with Crippen molar-refractivity contribution >= 4 is 16.0 Å². The number of carboxylic acid groups (broad SMARTS) is 1. The second kappa shape index (κ2) is 5.79. The van der Waals surface area contributed by atoms with Gasteiger partial charge in [-0.05, 0) is 25.7 Å². The van der Waals surface area contributed by atoms with Crippen LogP contribution in [0.2, 0.25) is 0 Å². The molecule has 0 aliphatic heterocycles. The van der Waals surface area contributed by atoms with Gasteiger partial charge in [-0.25, -0.2) is 13.1 Å². The first-order valence-corrected chi connectivity index (χ1v) is 7.29. The monoisotopic (exact) mass is 265 g/mol. The third-order valence-corrected chi connectivity index (χ3v) is 4.53. The molecule has 0 atom stereocenters. The third kappa shape index (κ3) is 4.61. The van der Waals surface area contributed by atoms with Gasteiger partial charge in [-0.3, -0.25) is 4.79 Å². The number of hydrogen-bond donors (Lipinski definition) is 2. The lowest BCUT2D eigenvalue weighted by atomic mass is 9.80. The average molecular weight is 265 g/mol. The SMILES string of the molecule is COC1(CNS(=O)(=O)CCCC(=O)O)CCC1. The topological polar surface area (TPSA) is 92.7 Å². The average Bonchev–Trinajstić information content (AvgIpc) is 2.15. The summed E-state index contributed by atoms with van der Waals surface area (Å²) in [5, 5.41) is 8.42. The fraction of sp³-hybridized carbons (Fsp3) is 0.900. The van der Waals surface area contributed by atoms with Crippen molar-refractivity contribution in [2.45, 2.75) is 37.7 Å². The molecule has 1 saturated carbocycles. The first-order chi connectivity index (χ1) is 7.89. The van der Waals surface area contributed by atoms with E-state index < -0.39 is 16.0 Å². The Balaban J connectivity index is 2.31. The molecule has 7 heteroatoms. The minimum absolute atomic E-state index is 0.129. The maximum absolute atomic E-state index is 11.6. The maximum Gasteiger partial charge on any atom is 0.303 e. The summed E-state index contributed by atoms with van der Waals surface area (Å²) < 4.78 is 30.9. The van der Waals surface area contributed by atoms with Gasteiger partial charge in [0.1, 0.15) is 0 Å². The molecule has 0 radical (unpaired) electrons. The normalized spacial score (nSPS) is 18.6. The van der Waals surface area contributed by atoms with Crippen LogP contribution in [0.15, 0.2) is 0 Å². The second-order valence-corrected chi connectivity index (χ2v) is 6.30. The summed E-state index contributed by atoms with van der Waals surface area (Å²) in [6.07, 6.45) is 2.78. The van der Waals surface area contributed by atoms with Gasteiger partial charge in [0.2, 0.25) is 10.0 Å². The van der Waals surface area contributed by atoms with Crippen LogP contribution in [0.3, 0.4) is 0 Å². The van der Waals surface area contributed by atoms with Gasteiger partial charge in [-0.1, -0.05) is 0 Å². The summed E-state index contributed by atoms with van der Waals surface area (Å²) in [4.78, 5) is 10.3. The third-order valence-electron chi connectivity index (χ3n) is 3.12. The van der Waals surface area contributed by atoms with Crippen LogP contribution in [0.5, 0.6) is 0 Å². The van der Waals surface area contributed by atoms with E-state index in [1.165, 1.54) is 0 Å². The van der Waals surface area contributed by atoms with Crippen LogP contribution in [0.1, 0.15) is 32.1 Å². The number of nitrogens with one attached hydrogen (secondary N) is 1. The van der Waals surface area contributed by atoms with Crippen molar-refractivity contribution in [2.75, 3.05) is 19.4 Å². The summed E-state index contributed by atoms with van der Waals surface area (Å²) >= 11 is 0. The number of hydrogen-bond acceptors (Lipinski definition) is 4. The maximum atomic E-state index is 11.6. The van der Waals surface area contributed by atoms with E-state index in [1.807, 2.05) is 0 Å². The van der Waals surface area contributed by atoms with Crippen LogP contribution in [0, 0.1) is 0 Å². The summed E-state index contributed by atoms with van der Waals surface area (Å²) in [5.41, 5.74) is -0.347. The van der Waals surface area contributed by atoms with E-state index in [0.717, 1.165) is 19.3 Å². The Labute approximate surface area is 101 Å². The molecule has 6 nitrogen and oxygen atoms in total. The zero-order valence-corrected chi connectivity index (χ0v) is 10.8. The fourth-order valence-electron chi connectivity index (χ4n) is 1.75. The van der Waals surface area contributed by atoms with Gasteiger partial charge < -0.3 is 9.84 Å². The zero-order chi connectivity index (χ0) is 12.9. The lowest BCUT2D eigenvalue weighted by Gasteiger charge is -2.40. The highest BCUT2D eigenvalue weighted by Crippen LogP contribution is 2.34. The van der Waals surface area contributed by atoms with Crippen molar-refractivity contribution in [3.63, 3.8) is 0 Å². The van der Waals surface area contributed by atoms with Crippen molar-refractivity contribution in [2.24, 2.45) is 0 Å². The number of carbonyl (C=O) groups is 1. The molecule has 0 saturated heterocycles. The van der Waals surface area contributed by atoms with E-state index in [4.69, 9.17) is 9.84 Å². The molecule has 0 bridgehead atoms. The van der Waals surface area contributed by atoms with E-state index in [1.54, 1.807) is 7.11 Å². The molecule has 0 amide bonds. The van der Waals surface area contributed by atoms with Crippen LogP contribution >= 0.6 is 0 Å². The molecule has 17 heavy (non-hydrogen) atoms. The molecule has 1 aliphatic rings. The molecular formula is C10H19NO5S. The Bertz CT molecular complexity index is 355. The van der Waals surface area contributed by atoms with E-state index in [0.29, 0.717) is 0 Å². The van der Waals surface area contributed by atoms with Gasteiger partial charge in [0.15, 0.2) is 0 Å². The Morgan fingerprint density at radius 2 is 2.12 bits per heavy atom. The molecule has 0 aromatic carbocycles. The number of sulfonamides is 1. The van der Waals surface area contributed by atoms with Gasteiger partial charge in [0.05, 0.1) is 11.4 Å². The molecule has 0 aromatic rings. The van der Waals surface area contributed by atoms with Crippen LogP contribution in [0.25, 0.3) is 0 Å². The summed E-state index contributed by atoms with van der Waals surface area (Å²) in [6.45, 7) is 0.277. The second-order valence-electron chi connectivity index (χ2n) is 4.38. The van der Waals surface area contributed by atoms with Crippen molar-refractivity contribution in [1.82, 2.24) is 4.72 Å². The Kier molecular flexibility index (Phi) is 4.91. The number of ether oxygens (including phenoxy) is 1. The molecule has 0 spiro atoms. The Morgan fingerprint density at radius 1 is 1.47 bits per heavy atom. The standard InChI is InChI=1S/C10H19NO5S/c1-16-10(5-3-6-10)8-11-17(14,15)7-2-4-9(12)13/h11H,2-8H2,1H3,(H,12,13). The minimum atomic E-state index is -3.39. The smallest absolute Gasteiger partial charge is 0.303 e. The molecule has 0 unspecified atom stereocenters. The van der Waals surface area contributed by atoms with E-state index in [2.05, 4.69) is 4.72 Å². The molecule has 0 heterocycles. The van der Waals surface area contributed by atoms with Gasteiger partial charge in [-0.2, -0.15) is 0 Å². The van der Waals surface area contributed by atoms with E-state index >= 15 is 0 Å². The first kappa shape index (κ1) is 14.4. The van der Waals surface area contributed by atoms with E-state index in [9.17, 15) is 13.2 Å². The lowest BCUT2D eigenvalue weighted by molar-refractivity contribution is -0.137. The molecular weight excluding hydrogens is 246 g/mol. The summed E-state index contributed by atoms with van der Waals surface area (Å²) in [6, 6.07) is 0.